The van der Waals surface area contributed by atoms with E-state index >= 15 is 0 Å². The summed E-state index contributed by atoms with van der Waals surface area (Å²) in [5.74, 6) is -0.284. The van der Waals surface area contributed by atoms with Crippen LogP contribution in [-0.4, -0.2) is 23.7 Å². The number of benzene rings is 1. The number of aryl methyl sites for hydroxylation is 1. The SMILES string of the molecule is COC(=O)Cc1ccc(C)c(C(=O)C(C)Br)c1. The molecule has 0 aliphatic heterocycles. The number of alkyl halides is 1. The smallest absolute Gasteiger partial charge is 0.309 e. The molecule has 1 unspecified atom stereocenters. The lowest BCUT2D eigenvalue weighted by Gasteiger charge is -2.09. The monoisotopic (exact) mass is 298 g/mol. The second-order valence-corrected chi connectivity index (χ2v) is 5.26. The van der Waals surface area contributed by atoms with Crippen LogP contribution < -0.4 is 0 Å². The normalized spacial score (nSPS) is 12.0. The van der Waals surface area contributed by atoms with Crippen LogP contribution in [-0.2, 0) is 16.0 Å². The molecule has 0 spiro atoms. The molecule has 0 bridgehead atoms. The van der Waals surface area contributed by atoms with Gasteiger partial charge >= 0.3 is 5.97 Å². The lowest BCUT2D eigenvalue weighted by Crippen LogP contribution is -2.13. The fourth-order valence-electron chi connectivity index (χ4n) is 1.50. The van der Waals surface area contributed by atoms with Crippen LogP contribution in [0.1, 0.15) is 28.4 Å². The average Bonchev–Trinajstić information content (AvgIpc) is 2.30. The second-order valence-electron chi connectivity index (χ2n) is 3.88. The highest BCUT2D eigenvalue weighted by atomic mass is 79.9. The van der Waals surface area contributed by atoms with Gasteiger partial charge in [-0.05, 0) is 31.0 Å². The van der Waals surface area contributed by atoms with Gasteiger partial charge in [0.25, 0.3) is 0 Å². The third-order valence-corrected chi connectivity index (χ3v) is 2.92. The van der Waals surface area contributed by atoms with Crippen LogP contribution in [0.2, 0.25) is 0 Å². The Morgan fingerprint density at radius 3 is 2.59 bits per heavy atom. The van der Waals surface area contributed by atoms with Crippen molar-refractivity contribution in [2.45, 2.75) is 25.1 Å². The Morgan fingerprint density at radius 2 is 2.06 bits per heavy atom. The van der Waals surface area contributed by atoms with Gasteiger partial charge in [-0.25, -0.2) is 0 Å². The summed E-state index contributed by atoms with van der Waals surface area (Å²) < 4.78 is 4.60. The number of halogens is 1. The molecule has 0 heterocycles. The van der Waals surface area contributed by atoms with Gasteiger partial charge in [0.05, 0.1) is 18.4 Å². The van der Waals surface area contributed by atoms with Gasteiger partial charge in [-0.1, -0.05) is 28.1 Å². The molecule has 0 saturated heterocycles. The molecule has 1 atom stereocenters. The minimum absolute atomic E-state index is 0.0224. The maximum atomic E-state index is 11.9. The second kappa shape index (κ2) is 5.96. The van der Waals surface area contributed by atoms with Crippen LogP contribution in [0, 0.1) is 6.92 Å². The molecule has 0 aliphatic rings. The lowest BCUT2D eigenvalue weighted by molar-refractivity contribution is -0.139. The van der Waals surface area contributed by atoms with Crippen molar-refractivity contribution in [3.05, 3.63) is 34.9 Å². The van der Waals surface area contributed by atoms with Gasteiger partial charge in [-0.15, -0.1) is 0 Å². The molecule has 1 rings (SSSR count). The minimum atomic E-state index is -0.306. The zero-order valence-electron chi connectivity index (χ0n) is 10.1. The number of methoxy groups -OCH3 is 1. The van der Waals surface area contributed by atoms with Crippen molar-refractivity contribution in [3.63, 3.8) is 0 Å². The van der Waals surface area contributed by atoms with Gasteiger partial charge in [-0.2, -0.15) is 0 Å². The fraction of sp³-hybridized carbons (Fsp3) is 0.385. The van der Waals surface area contributed by atoms with Gasteiger partial charge in [0.1, 0.15) is 0 Å². The van der Waals surface area contributed by atoms with Crippen molar-refractivity contribution in [1.29, 1.82) is 0 Å². The molecule has 1 aromatic rings. The van der Waals surface area contributed by atoms with Crippen LogP contribution in [0.15, 0.2) is 18.2 Å². The van der Waals surface area contributed by atoms with Crippen LogP contribution in [0.5, 0.6) is 0 Å². The van der Waals surface area contributed by atoms with E-state index in [0.717, 1.165) is 11.1 Å². The van der Waals surface area contributed by atoms with Gasteiger partial charge in [0.2, 0.25) is 0 Å². The predicted molar refractivity (Wildman–Crippen MR) is 69.6 cm³/mol. The third-order valence-electron chi connectivity index (χ3n) is 2.50. The molecule has 0 N–H and O–H groups in total. The first-order chi connectivity index (χ1) is 7.95. The molecule has 0 amide bonds. The highest BCUT2D eigenvalue weighted by Crippen LogP contribution is 2.17. The van der Waals surface area contributed by atoms with Crippen LogP contribution in [0.4, 0.5) is 0 Å². The first-order valence-electron chi connectivity index (χ1n) is 5.30. The quantitative estimate of drug-likeness (QED) is 0.488. The average molecular weight is 299 g/mol. The predicted octanol–water partition coefficient (Wildman–Crippen LogP) is 2.68. The molecule has 0 saturated carbocycles. The Bertz CT molecular complexity index is 438. The van der Waals surface area contributed by atoms with Crippen LogP contribution >= 0.6 is 15.9 Å². The molecule has 0 radical (unpaired) electrons. The van der Waals surface area contributed by atoms with E-state index in [1.165, 1.54) is 7.11 Å². The number of rotatable bonds is 4. The first kappa shape index (κ1) is 13.9. The van der Waals surface area contributed by atoms with E-state index in [1.54, 1.807) is 13.0 Å². The minimum Gasteiger partial charge on any atom is -0.469 e. The fourth-order valence-corrected chi connectivity index (χ4v) is 1.74. The molecule has 17 heavy (non-hydrogen) atoms. The number of carbonyl (C=O) groups is 2. The standard InChI is InChI=1S/C13H15BrO3/c1-8-4-5-10(7-12(15)17-3)6-11(8)13(16)9(2)14/h4-6,9H,7H2,1-3H3. The molecular formula is C13H15BrO3. The summed E-state index contributed by atoms with van der Waals surface area (Å²) in [6, 6.07) is 5.44. The summed E-state index contributed by atoms with van der Waals surface area (Å²) >= 11 is 3.26. The largest absolute Gasteiger partial charge is 0.469 e. The number of carbonyl (C=O) groups excluding carboxylic acids is 2. The van der Waals surface area contributed by atoms with E-state index in [4.69, 9.17) is 0 Å². The van der Waals surface area contributed by atoms with E-state index in [1.807, 2.05) is 19.1 Å². The molecule has 4 heteroatoms. The Balaban J connectivity index is 3.02. The molecule has 3 nitrogen and oxygen atoms in total. The molecule has 92 valence electrons. The van der Waals surface area contributed by atoms with Gasteiger partial charge < -0.3 is 4.74 Å². The number of ketones is 1. The van der Waals surface area contributed by atoms with E-state index in [-0.39, 0.29) is 23.0 Å². The zero-order valence-corrected chi connectivity index (χ0v) is 11.7. The molecule has 0 aromatic heterocycles. The topological polar surface area (TPSA) is 43.4 Å². The third kappa shape index (κ3) is 3.66. The van der Waals surface area contributed by atoms with E-state index in [2.05, 4.69) is 20.7 Å². The van der Waals surface area contributed by atoms with Crippen molar-refractivity contribution in [1.82, 2.24) is 0 Å². The Morgan fingerprint density at radius 1 is 1.41 bits per heavy atom. The van der Waals surface area contributed by atoms with Crippen molar-refractivity contribution in [2.24, 2.45) is 0 Å². The summed E-state index contributed by atoms with van der Waals surface area (Å²) in [4.78, 5) is 22.8. The van der Waals surface area contributed by atoms with Crippen molar-refractivity contribution < 1.29 is 14.3 Å². The summed E-state index contributed by atoms with van der Waals surface area (Å²) in [6.07, 6.45) is 0.188. The zero-order chi connectivity index (χ0) is 13.0. The molecular weight excluding hydrogens is 284 g/mol. The van der Waals surface area contributed by atoms with E-state index < -0.39 is 0 Å². The van der Waals surface area contributed by atoms with Gasteiger partial charge in [-0.3, -0.25) is 9.59 Å². The molecule has 0 fully saturated rings. The van der Waals surface area contributed by atoms with E-state index in [9.17, 15) is 9.59 Å². The molecule has 1 aromatic carbocycles. The van der Waals surface area contributed by atoms with Crippen LogP contribution in [0.25, 0.3) is 0 Å². The summed E-state index contributed by atoms with van der Waals surface area (Å²) in [5.41, 5.74) is 2.35. The highest BCUT2D eigenvalue weighted by molar-refractivity contribution is 9.10. The summed E-state index contributed by atoms with van der Waals surface area (Å²) in [7, 11) is 1.35. The summed E-state index contributed by atoms with van der Waals surface area (Å²) in [5, 5.41) is 0. The Hall–Kier alpha value is -1.16. The number of hydrogen-bond donors (Lipinski definition) is 0. The number of hydrogen-bond acceptors (Lipinski definition) is 3. The van der Waals surface area contributed by atoms with Crippen molar-refractivity contribution >= 4 is 27.7 Å². The molecule has 0 aliphatic carbocycles. The van der Waals surface area contributed by atoms with Gasteiger partial charge in [0.15, 0.2) is 5.78 Å². The van der Waals surface area contributed by atoms with Crippen molar-refractivity contribution in [2.75, 3.05) is 7.11 Å². The lowest BCUT2D eigenvalue weighted by atomic mass is 9.99. The Labute approximate surface area is 109 Å². The maximum Gasteiger partial charge on any atom is 0.309 e. The van der Waals surface area contributed by atoms with Gasteiger partial charge in [0, 0.05) is 5.56 Å². The maximum absolute atomic E-state index is 11.9. The number of Topliss-reactive ketones (excluding diaryl/α,β-unsaturated/α-hetero) is 1. The first-order valence-corrected chi connectivity index (χ1v) is 6.22. The highest BCUT2D eigenvalue weighted by Gasteiger charge is 2.15. The van der Waals surface area contributed by atoms with Crippen LogP contribution in [0.3, 0.4) is 0 Å². The summed E-state index contributed by atoms with van der Waals surface area (Å²) in [6.45, 7) is 3.67. The van der Waals surface area contributed by atoms with Crippen molar-refractivity contribution in [3.8, 4) is 0 Å². The van der Waals surface area contributed by atoms with E-state index in [0.29, 0.717) is 5.56 Å². The Kier molecular flexibility index (Phi) is 4.87. The number of esters is 1. The number of ether oxygens (including phenoxy) is 1.